The van der Waals surface area contributed by atoms with Crippen LogP contribution in [0, 0.1) is 0 Å². The standard InChI is InChI=1S/C19H18N2OS2/c22-19(18-8-4-12-24-18)20-13-16(17-7-3-11-23-17)21-10-9-14-5-1-2-6-15(14)21/h1-8,11-12,16H,9-10,13H2,(H,20,22)/t16-/m1/s1. The Hall–Kier alpha value is -2.11. The number of anilines is 1. The summed E-state index contributed by atoms with van der Waals surface area (Å²) in [6.07, 6.45) is 1.07. The first-order chi connectivity index (χ1) is 11.8. The van der Waals surface area contributed by atoms with Crippen molar-refractivity contribution in [1.29, 1.82) is 0 Å². The fourth-order valence-corrected chi connectivity index (χ4v) is 4.70. The van der Waals surface area contributed by atoms with Gasteiger partial charge < -0.3 is 10.2 Å². The van der Waals surface area contributed by atoms with Crippen molar-refractivity contribution in [2.45, 2.75) is 12.5 Å². The van der Waals surface area contributed by atoms with E-state index in [4.69, 9.17) is 0 Å². The number of nitrogens with zero attached hydrogens (tertiary/aromatic N) is 1. The van der Waals surface area contributed by atoms with Crippen LogP contribution in [0.3, 0.4) is 0 Å². The largest absolute Gasteiger partial charge is 0.361 e. The van der Waals surface area contributed by atoms with Crippen molar-refractivity contribution in [3.63, 3.8) is 0 Å². The number of thiophene rings is 2. The van der Waals surface area contributed by atoms with Crippen molar-refractivity contribution in [3.8, 4) is 0 Å². The zero-order chi connectivity index (χ0) is 16.4. The lowest BCUT2D eigenvalue weighted by molar-refractivity contribution is 0.0955. The Morgan fingerprint density at radius 3 is 2.71 bits per heavy atom. The SMILES string of the molecule is O=C(NC[C@H](c1cccs1)N1CCc2ccccc21)c1cccs1. The lowest BCUT2D eigenvalue weighted by atomic mass is 10.1. The van der Waals surface area contributed by atoms with E-state index >= 15 is 0 Å². The van der Waals surface area contributed by atoms with Crippen LogP contribution in [0.25, 0.3) is 0 Å². The molecule has 0 bridgehead atoms. The molecule has 1 amide bonds. The fraction of sp³-hybridized carbons (Fsp3) is 0.211. The third-order valence-corrected chi connectivity index (χ3v) is 6.21. The highest BCUT2D eigenvalue weighted by molar-refractivity contribution is 7.12. The van der Waals surface area contributed by atoms with Crippen molar-refractivity contribution in [3.05, 3.63) is 74.6 Å². The average molecular weight is 354 g/mol. The summed E-state index contributed by atoms with van der Waals surface area (Å²) in [6, 6.07) is 16.8. The summed E-state index contributed by atoms with van der Waals surface area (Å²) in [5.41, 5.74) is 2.69. The molecule has 3 nitrogen and oxygen atoms in total. The summed E-state index contributed by atoms with van der Waals surface area (Å²) in [4.78, 5) is 16.8. The zero-order valence-corrected chi connectivity index (χ0v) is 14.8. The van der Waals surface area contributed by atoms with E-state index in [1.165, 1.54) is 27.5 Å². The Kier molecular flexibility index (Phi) is 4.36. The first kappa shape index (κ1) is 15.4. The Morgan fingerprint density at radius 1 is 1.08 bits per heavy atom. The Labute approximate surface area is 149 Å². The normalized spacial score (nSPS) is 14.4. The molecule has 0 saturated heterocycles. The van der Waals surface area contributed by atoms with Gasteiger partial charge in [-0.3, -0.25) is 4.79 Å². The van der Waals surface area contributed by atoms with Crippen LogP contribution in [-0.4, -0.2) is 19.0 Å². The van der Waals surface area contributed by atoms with Crippen LogP contribution in [0.1, 0.15) is 26.2 Å². The predicted molar refractivity (Wildman–Crippen MR) is 101 cm³/mol. The van der Waals surface area contributed by atoms with Crippen LogP contribution in [0.5, 0.6) is 0 Å². The monoisotopic (exact) mass is 354 g/mol. The number of amides is 1. The first-order valence-electron chi connectivity index (χ1n) is 8.02. The Balaban J connectivity index is 1.56. The number of benzene rings is 1. The van der Waals surface area contributed by atoms with E-state index in [2.05, 4.69) is 52.0 Å². The van der Waals surface area contributed by atoms with Crippen LogP contribution >= 0.6 is 22.7 Å². The van der Waals surface area contributed by atoms with E-state index < -0.39 is 0 Å². The number of para-hydroxylation sites is 1. The van der Waals surface area contributed by atoms with E-state index in [1.54, 1.807) is 11.3 Å². The molecule has 1 aliphatic heterocycles. The molecular formula is C19H18N2OS2. The van der Waals surface area contributed by atoms with Gasteiger partial charge in [-0.05, 0) is 40.9 Å². The molecular weight excluding hydrogens is 336 g/mol. The lowest BCUT2D eigenvalue weighted by Gasteiger charge is -2.30. The topological polar surface area (TPSA) is 32.3 Å². The molecule has 0 spiro atoms. The number of hydrogen-bond donors (Lipinski definition) is 1. The fourth-order valence-electron chi connectivity index (χ4n) is 3.22. The average Bonchev–Trinajstić information content (AvgIpc) is 3.37. The highest BCUT2D eigenvalue weighted by Crippen LogP contribution is 2.36. The van der Waals surface area contributed by atoms with Gasteiger partial charge >= 0.3 is 0 Å². The highest BCUT2D eigenvalue weighted by atomic mass is 32.1. The molecule has 122 valence electrons. The molecule has 3 aromatic rings. The minimum Gasteiger partial charge on any atom is -0.361 e. The first-order valence-corrected chi connectivity index (χ1v) is 9.78. The van der Waals surface area contributed by atoms with Gasteiger partial charge in [-0.15, -0.1) is 22.7 Å². The van der Waals surface area contributed by atoms with Gasteiger partial charge in [-0.1, -0.05) is 30.3 Å². The van der Waals surface area contributed by atoms with Gasteiger partial charge in [0.15, 0.2) is 0 Å². The number of nitrogens with one attached hydrogen (secondary N) is 1. The van der Waals surface area contributed by atoms with Crippen molar-refractivity contribution >= 4 is 34.3 Å². The molecule has 4 rings (SSSR count). The second-order valence-electron chi connectivity index (χ2n) is 5.79. The summed E-state index contributed by atoms with van der Waals surface area (Å²) in [7, 11) is 0. The Morgan fingerprint density at radius 2 is 1.92 bits per heavy atom. The maximum Gasteiger partial charge on any atom is 0.261 e. The second-order valence-corrected chi connectivity index (χ2v) is 7.72. The van der Waals surface area contributed by atoms with Crippen LogP contribution in [0.2, 0.25) is 0 Å². The molecule has 2 aromatic heterocycles. The molecule has 1 aliphatic rings. The molecule has 0 aliphatic carbocycles. The molecule has 1 aromatic carbocycles. The maximum absolute atomic E-state index is 12.3. The van der Waals surface area contributed by atoms with Gasteiger partial charge in [-0.25, -0.2) is 0 Å². The number of rotatable bonds is 5. The van der Waals surface area contributed by atoms with E-state index in [0.717, 1.165) is 17.8 Å². The maximum atomic E-state index is 12.3. The van der Waals surface area contributed by atoms with E-state index in [0.29, 0.717) is 6.54 Å². The molecule has 0 unspecified atom stereocenters. The number of fused-ring (bicyclic) bond motifs is 1. The van der Waals surface area contributed by atoms with Crippen molar-refractivity contribution in [2.24, 2.45) is 0 Å². The van der Waals surface area contributed by atoms with Gasteiger partial charge in [0.2, 0.25) is 0 Å². The zero-order valence-electron chi connectivity index (χ0n) is 13.1. The summed E-state index contributed by atoms with van der Waals surface area (Å²) in [5, 5.41) is 7.15. The van der Waals surface area contributed by atoms with E-state index in [-0.39, 0.29) is 11.9 Å². The number of carbonyl (C=O) groups excluding carboxylic acids is 1. The van der Waals surface area contributed by atoms with E-state index in [1.807, 2.05) is 17.5 Å². The number of hydrogen-bond acceptors (Lipinski definition) is 4. The summed E-state index contributed by atoms with van der Waals surface area (Å²) >= 11 is 3.23. The minimum absolute atomic E-state index is 0.0130. The molecule has 0 fully saturated rings. The smallest absolute Gasteiger partial charge is 0.261 e. The predicted octanol–water partition coefficient (Wildman–Crippen LogP) is 4.34. The van der Waals surface area contributed by atoms with Gasteiger partial charge in [0, 0.05) is 23.7 Å². The summed E-state index contributed by atoms with van der Waals surface area (Å²) < 4.78 is 0. The minimum atomic E-state index is 0.0130. The number of carbonyl (C=O) groups is 1. The van der Waals surface area contributed by atoms with Crippen LogP contribution in [0.4, 0.5) is 5.69 Å². The lowest BCUT2D eigenvalue weighted by Crippen LogP contribution is -2.36. The van der Waals surface area contributed by atoms with Crippen molar-refractivity contribution < 1.29 is 4.79 Å². The van der Waals surface area contributed by atoms with E-state index in [9.17, 15) is 4.79 Å². The molecule has 0 radical (unpaired) electrons. The quantitative estimate of drug-likeness (QED) is 0.739. The van der Waals surface area contributed by atoms with Crippen molar-refractivity contribution in [1.82, 2.24) is 5.32 Å². The molecule has 24 heavy (non-hydrogen) atoms. The molecule has 0 saturated carbocycles. The molecule has 1 atom stereocenters. The van der Waals surface area contributed by atoms with Gasteiger partial charge in [0.25, 0.3) is 5.91 Å². The molecule has 5 heteroatoms. The van der Waals surface area contributed by atoms with Gasteiger partial charge in [0.1, 0.15) is 0 Å². The highest BCUT2D eigenvalue weighted by Gasteiger charge is 2.28. The van der Waals surface area contributed by atoms with Crippen LogP contribution in [0.15, 0.2) is 59.3 Å². The van der Waals surface area contributed by atoms with Gasteiger partial charge in [-0.2, -0.15) is 0 Å². The third-order valence-electron chi connectivity index (χ3n) is 4.37. The third kappa shape index (κ3) is 2.97. The van der Waals surface area contributed by atoms with Gasteiger partial charge in [0.05, 0.1) is 10.9 Å². The second kappa shape index (κ2) is 6.79. The van der Waals surface area contributed by atoms with Crippen molar-refractivity contribution in [2.75, 3.05) is 18.0 Å². The Bertz CT molecular complexity index is 812. The summed E-state index contributed by atoms with van der Waals surface area (Å²) in [6.45, 7) is 1.61. The summed E-state index contributed by atoms with van der Waals surface area (Å²) in [5.74, 6) is 0.0130. The molecule has 3 heterocycles. The van der Waals surface area contributed by atoms with Crippen LogP contribution in [-0.2, 0) is 6.42 Å². The molecule has 1 N–H and O–H groups in total. The van der Waals surface area contributed by atoms with Crippen LogP contribution < -0.4 is 10.2 Å².